The van der Waals surface area contributed by atoms with Crippen LogP contribution < -0.4 is 5.32 Å². The molecular weight excluding hydrogens is 272 g/mol. The Kier molecular flexibility index (Phi) is 3.73. The molecule has 1 unspecified atom stereocenters. The van der Waals surface area contributed by atoms with Gasteiger partial charge in [0.25, 0.3) is 5.91 Å². The van der Waals surface area contributed by atoms with Crippen LogP contribution in [0.3, 0.4) is 0 Å². The van der Waals surface area contributed by atoms with Crippen LogP contribution in [0.4, 0.5) is 5.00 Å². The highest BCUT2D eigenvalue weighted by atomic mass is 32.1. The first-order chi connectivity index (χ1) is 8.58. The molecular formula is C11H10N2O3S2. The maximum Gasteiger partial charge on any atom is 0.324 e. The van der Waals surface area contributed by atoms with Gasteiger partial charge in [-0.25, -0.2) is 0 Å². The summed E-state index contributed by atoms with van der Waals surface area (Å²) in [6.45, 7) is 1.88. The Labute approximate surface area is 111 Å². The summed E-state index contributed by atoms with van der Waals surface area (Å²) in [6, 6.07) is 6.57. The van der Waals surface area contributed by atoms with Crippen LogP contribution in [0.1, 0.15) is 27.5 Å². The van der Waals surface area contributed by atoms with E-state index in [0.29, 0.717) is 4.88 Å². The van der Waals surface area contributed by atoms with E-state index in [1.807, 2.05) is 24.4 Å². The number of rotatable bonds is 4. The number of nitro groups is 1. The number of nitrogens with one attached hydrogen (secondary N) is 1. The lowest BCUT2D eigenvalue weighted by Gasteiger charge is -2.10. The third-order valence-corrected chi connectivity index (χ3v) is 4.40. The second-order valence-electron chi connectivity index (χ2n) is 3.61. The largest absolute Gasteiger partial charge is 0.344 e. The molecule has 1 N–H and O–H groups in total. The Morgan fingerprint density at radius 3 is 2.78 bits per heavy atom. The van der Waals surface area contributed by atoms with Crippen LogP contribution in [0.15, 0.2) is 29.6 Å². The maximum atomic E-state index is 11.9. The summed E-state index contributed by atoms with van der Waals surface area (Å²) in [5.41, 5.74) is 0. The number of hydrogen-bond donors (Lipinski definition) is 1. The Hall–Kier alpha value is -1.73. The predicted molar refractivity (Wildman–Crippen MR) is 71.2 cm³/mol. The first kappa shape index (κ1) is 12.7. The van der Waals surface area contributed by atoms with Crippen molar-refractivity contribution >= 4 is 33.6 Å². The van der Waals surface area contributed by atoms with Crippen LogP contribution in [-0.2, 0) is 0 Å². The van der Waals surface area contributed by atoms with E-state index in [2.05, 4.69) is 5.32 Å². The van der Waals surface area contributed by atoms with E-state index in [0.717, 1.165) is 16.2 Å². The molecule has 0 aliphatic rings. The molecule has 18 heavy (non-hydrogen) atoms. The first-order valence-corrected chi connectivity index (χ1v) is 6.86. The van der Waals surface area contributed by atoms with E-state index in [9.17, 15) is 14.9 Å². The van der Waals surface area contributed by atoms with Crippen LogP contribution in [0.2, 0.25) is 0 Å². The van der Waals surface area contributed by atoms with Crippen molar-refractivity contribution in [2.24, 2.45) is 0 Å². The van der Waals surface area contributed by atoms with Crippen molar-refractivity contribution < 1.29 is 9.72 Å². The van der Waals surface area contributed by atoms with E-state index >= 15 is 0 Å². The molecule has 1 amide bonds. The molecule has 0 saturated heterocycles. The molecule has 0 saturated carbocycles. The number of nitrogens with zero attached hydrogens (tertiary/aromatic N) is 1. The molecule has 7 heteroatoms. The zero-order valence-corrected chi connectivity index (χ0v) is 11.1. The predicted octanol–water partition coefficient (Wildman–Crippen LogP) is 3.21. The maximum absolute atomic E-state index is 11.9. The molecule has 0 radical (unpaired) electrons. The van der Waals surface area contributed by atoms with E-state index in [1.54, 1.807) is 11.3 Å². The average Bonchev–Trinajstić information content (AvgIpc) is 3.00. The lowest BCUT2D eigenvalue weighted by molar-refractivity contribution is -0.380. The molecule has 0 aromatic carbocycles. The summed E-state index contributed by atoms with van der Waals surface area (Å²) in [5.74, 6) is -0.283. The highest BCUT2D eigenvalue weighted by molar-refractivity contribution is 7.17. The van der Waals surface area contributed by atoms with E-state index in [4.69, 9.17) is 0 Å². The molecule has 1 atom stereocenters. The quantitative estimate of drug-likeness (QED) is 0.691. The van der Waals surface area contributed by atoms with Gasteiger partial charge in [-0.15, -0.1) is 11.3 Å². The van der Waals surface area contributed by atoms with Crippen LogP contribution in [0.5, 0.6) is 0 Å². The molecule has 0 bridgehead atoms. The van der Waals surface area contributed by atoms with Gasteiger partial charge < -0.3 is 5.32 Å². The lowest BCUT2D eigenvalue weighted by atomic mass is 10.2. The fraction of sp³-hybridized carbons (Fsp3) is 0.182. The van der Waals surface area contributed by atoms with Crippen molar-refractivity contribution in [3.05, 3.63) is 49.5 Å². The summed E-state index contributed by atoms with van der Waals surface area (Å²) in [7, 11) is 0. The SMILES string of the molecule is CC(NC(=O)c1ccc([N+](=O)[O-])s1)c1cccs1. The third-order valence-electron chi connectivity index (χ3n) is 2.31. The summed E-state index contributed by atoms with van der Waals surface area (Å²) in [4.78, 5) is 23.3. The van der Waals surface area contributed by atoms with Crippen molar-refractivity contribution in [1.82, 2.24) is 5.32 Å². The highest BCUT2D eigenvalue weighted by Crippen LogP contribution is 2.25. The summed E-state index contributed by atoms with van der Waals surface area (Å²) in [5, 5.41) is 15.3. The fourth-order valence-electron chi connectivity index (χ4n) is 1.42. The van der Waals surface area contributed by atoms with Gasteiger partial charge in [0.05, 0.1) is 15.8 Å². The van der Waals surface area contributed by atoms with Gasteiger partial charge in [0.15, 0.2) is 0 Å². The third kappa shape index (κ3) is 2.74. The minimum atomic E-state index is -0.496. The van der Waals surface area contributed by atoms with Crippen molar-refractivity contribution in [3.63, 3.8) is 0 Å². The summed E-state index contributed by atoms with van der Waals surface area (Å²) >= 11 is 2.44. The second-order valence-corrected chi connectivity index (χ2v) is 5.65. The van der Waals surface area contributed by atoms with Crippen molar-refractivity contribution in [3.8, 4) is 0 Å². The van der Waals surface area contributed by atoms with Crippen LogP contribution in [0.25, 0.3) is 0 Å². The van der Waals surface area contributed by atoms with Gasteiger partial charge in [-0.2, -0.15) is 0 Å². The number of thiophene rings is 2. The summed E-state index contributed by atoms with van der Waals surface area (Å²) in [6.07, 6.45) is 0. The van der Waals surface area contributed by atoms with Gasteiger partial charge in [-0.1, -0.05) is 17.4 Å². The molecule has 5 nitrogen and oxygen atoms in total. The lowest BCUT2D eigenvalue weighted by Crippen LogP contribution is -2.25. The molecule has 2 heterocycles. The molecule has 0 fully saturated rings. The first-order valence-electron chi connectivity index (χ1n) is 5.16. The average molecular weight is 282 g/mol. The topological polar surface area (TPSA) is 72.2 Å². The number of carbonyl (C=O) groups is 1. The Bertz CT molecular complexity index is 563. The second kappa shape index (κ2) is 5.28. The van der Waals surface area contributed by atoms with Crippen molar-refractivity contribution in [2.45, 2.75) is 13.0 Å². The smallest absolute Gasteiger partial charge is 0.324 e. The van der Waals surface area contributed by atoms with Crippen LogP contribution in [-0.4, -0.2) is 10.8 Å². The normalized spacial score (nSPS) is 12.1. The standard InChI is InChI=1S/C11H10N2O3S2/c1-7(8-3-2-6-17-8)12-11(14)9-4-5-10(18-9)13(15)16/h2-7H,1H3,(H,12,14). The van der Waals surface area contributed by atoms with E-state index in [-0.39, 0.29) is 17.0 Å². The van der Waals surface area contributed by atoms with Crippen LogP contribution >= 0.6 is 22.7 Å². The monoisotopic (exact) mass is 282 g/mol. The molecule has 2 aromatic heterocycles. The minimum absolute atomic E-state index is 0.0241. The highest BCUT2D eigenvalue weighted by Gasteiger charge is 2.17. The Morgan fingerprint density at radius 2 is 2.22 bits per heavy atom. The zero-order valence-electron chi connectivity index (χ0n) is 9.45. The molecule has 0 spiro atoms. The molecule has 0 aliphatic carbocycles. The number of amides is 1. The molecule has 2 rings (SSSR count). The zero-order chi connectivity index (χ0) is 13.1. The van der Waals surface area contributed by atoms with Gasteiger partial charge in [0.2, 0.25) is 0 Å². The van der Waals surface area contributed by atoms with Gasteiger partial charge in [0.1, 0.15) is 0 Å². The Balaban J connectivity index is 2.05. The summed E-state index contributed by atoms with van der Waals surface area (Å²) < 4.78 is 0. The van der Waals surface area contributed by atoms with Gasteiger partial charge in [0, 0.05) is 10.9 Å². The molecule has 0 aliphatic heterocycles. The molecule has 2 aromatic rings. The van der Waals surface area contributed by atoms with Crippen molar-refractivity contribution in [1.29, 1.82) is 0 Å². The van der Waals surface area contributed by atoms with Gasteiger partial charge in [-0.3, -0.25) is 14.9 Å². The molecule has 94 valence electrons. The fourth-order valence-corrected chi connectivity index (χ4v) is 2.88. The van der Waals surface area contributed by atoms with Crippen molar-refractivity contribution in [2.75, 3.05) is 0 Å². The number of carbonyl (C=O) groups excluding carboxylic acids is 1. The number of hydrogen-bond acceptors (Lipinski definition) is 5. The van der Waals surface area contributed by atoms with Crippen LogP contribution in [0, 0.1) is 10.1 Å². The van der Waals surface area contributed by atoms with E-state index in [1.165, 1.54) is 12.1 Å². The minimum Gasteiger partial charge on any atom is -0.344 e. The Morgan fingerprint density at radius 1 is 1.44 bits per heavy atom. The van der Waals surface area contributed by atoms with E-state index < -0.39 is 4.92 Å². The van der Waals surface area contributed by atoms with Gasteiger partial charge in [-0.05, 0) is 24.4 Å². The van der Waals surface area contributed by atoms with Gasteiger partial charge >= 0.3 is 5.00 Å².